The average Bonchev–Trinajstić information content (AvgIpc) is 3.89. The maximum absolute atomic E-state index is 14.3. The van der Waals surface area contributed by atoms with Gasteiger partial charge in [-0.1, -0.05) is 44.2 Å². The second-order valence-electron chi connectivity index (χ2n) is 16.1. The number of nitrogens with one attached hydrogen (secondary N) is 2. The third-order valence-corrected chi connectivity index (χ3v) is 11.4. The predicted molar refractivity (Wildman–Crippen MR) is 226 cm³/mol. The van der Waals surface area contributed by atoms with E-state index in [0.29, 0.717) is 44.8 Å². The quantitative estimate of drug-likeness (QED) is 0.0481. The number of carbonyl (C=O) groups excluding carboxylic acids is 6. The summed E-state index contributed by atoms with van der Waals surface area (Å²) in [6, 6.07) is 6.61. The zero-order valence-electron chi connectivity index (χ0n) is 36.2. The first-order chi connectivity index (χ1) is 29.4. The minimum atomic E-state index is -5.07. The Morgan fingerprint density at radius 3 is 2.32 bits per heavy atom. The summed E-state index contributed by atoms with van der Waals surface area (Å²) in [7, 11) is -3.53. The van der Waals surface area contributed by atoms with Crippen LogP contribution in [0.3, 0.4) is 0 Å². The van der Waals surface area contributed by atoms with Crippen molar-refractivity contribution in [3.8, 4) is 0 Å². The van der Waals surface area contributed by atoms with Crippen molar-refractivity contribution in [2.24, 2.45) is 23.5 Å². The summed E-state index contributed by atoms with van der Waals surface area (Å²) in [4.78, 5) is 105. The van der Waals surface area contributed by atoms with Crippen LogP contribution < -0.4 is 16.4 Å². The van der Waals surface area contributed by atoms with Crippen LogP contribution in [0.1, 0.15) is 83.4 Å². The van der Waals surface area contributed by atoms with E-state index in [1.807, 2.05) is 36.6 Å². The highest BCUT2D eigenvalue weighted by Crippen LogP contribution is 2.39. The van der Waals surface area contributed by atoms with Crippen LogP contribution in [0, 0.1) is 17.8 Å². The number of ether oxygens (including phenoxy) is 2. The summed E-state index contributed by atoms with van der Waals surface area (Å²) in [6.45, 7) is 5.80. The van der Waals surface area contributed by atoms with Crippen LogP contribution in [0.2, 0.25) is 0 Å². The van der Waals surface area contributed by atoms with Crippen molar-refractivity contribution in [2.45, 2.75) is 116 Å². The number of aliphatic hydroxyl groups excluding tert-OH is 1. The number of carbonyl (C=O) groups is 6. The maximum Gasteiger partial charge on any atom is 0.469 e. The summed E-state index contributed by atoms with van der Waals surface area (Å²) in [6.07, 6.45) is 4.40. The third-order valence-electron chi connectivity index (χ3n) is 10.8. The van der Waals surface area contributed by atoms with E-state index in [9.17, 15) is 48.2 Å². The number of aliphatic hydroxyl groups is 1. The molecule has 62 heavy (non-hydrogen) atoms. The number of hydrogen-bond donors (Lipinski definition) is 6. The molecule has 6 atom stereocenters. The van der Waals surface area contributed by atoms with E-state index in [1.165, 1.54) is 10.5 Å². The molecule has 1 aromatic carbocycles. The molecule has 2 heterocycles. The monoisotopic (exact) mass is 892 g/mol. The number of ketones is 2. The minimum Gasteiger partial charge on any atom is -0.394 e. The van der Waals surface area contributed by atoms with Gasteiger partial charge in [0.25, 0.3) is 0 Å². The largest absolute Gasteiger partial charge is 0.469 e. The number of amides is 4. The number of aromatic nitrogens is 2. The van der Waals surface area contributed by atoms with Crippen molar-refractivity contribution in [3.05, 3.63) is 54.1 Å². The SMILES string of the molecule is COCCOCCC(=O)N1CCC[C@H]1C(=O)N[C@@H](CC(C)C)C(=O)C[C@@H](Cc1cncn1CCCCc1ccccc1)C(=O)N[C@@H](CO)C(=O)C[C@H](C(N)=O)[C@@H](C)OP(=O)(O)O. The lowest BCUT2D eigenvalue weighted by Crippen LogP contribution is -2.52. The topological polar surface area (TPSA) is 279 Å². The number of imidazole rings is 1. The van der Waals surface area contributed by atoms with E-state index in [0.717, 1.165) is 26.2 Å². The average molecular weight is 893 g/mol. The zero-order valence-corrected chi connectivity index (χ0v) is 37.1. The number of methoxy groups -OCH3 is 1. The minimum absolute atomic E-state index is 0.0145. The number of hydrogen-bond acceptors (Lipinski definition) is 12. The highest BCUT2D eigenvalue weighted by Gasteiger charge is 2.38. The van der Waals surface area contributed by atoms with E-state index in [-0.39, 0.29) is 37.7 Å². The fourth-order valence-corrected chi connectivity index (χ4v) is 8.01. The van der Waals surface area contributed by atoms with Crippen LogP contribution in [0.15, 0.2) is 42.9 Å². The van der Waals surface area contributed by atoms with Gasteiger partial charge in [0.15, 0.2) is 11.6 Å². The number of phosphoric ester groups is 1. The number of rotatable bonds is 30. The molecule has 0 aliphatic carbocycles. The van der Waals surface area contributed by atoms with Crippen molar-refractivity contribution in [3.63, 3.8) is 0 Å². The summed E-state index contributed by atoms with van der Waals surface area (Å²) in [5.41, 5.74) is 7.25. The molecule has 1 fully saturated rings. The molecule has 0 bridgehead atoms. The van der Waals surface area contributed by atoms with Gasteiger partial charge in [-0.3, -0.25) is 33.3 Å². The van der Waals surface area contributed by atoms with Gasteiger partial charge in [-0.15, -0.1) is 0 Å². The van der Waals surface area contributed by atoms with Gasteiger partial charge in [-0.25, -0.2) is 9.55 Å². The van der Waals surface area contributed by atoms with Gasteiger partial charge in [0.1, 0.15) is 12.1 Å². The highest BCUT2D eigenvalue weighted by molar-refractivity contribution is 7.46. The molecule has 0 saturated carbocycles. The lowest BCUT2D eigenvalue weighted by Gasteiger charge is -2.28. The van der Waals surface area contributed by atoms with Gasteiger partial charge in [0, 0.05) is 51.4 Å². The Hall–Kier alpha value is -4.36. The van der Waals surface area contributed by atoms with E-state index >= 15 is 0 Å². The maximum atomic E-state index is 14.3. The van der Waals surface area contributed by atoms with E-state index in [4.69, 9.17) is 15.2 Å². The highest BCUT2D eigenvalue weighted by atomic mass is 31.2. The van der Waals surface area contributed by atoms with Crippen LogP contribution in [-0.4, -0.2) is 129 Å². The molecular formula is C42H65N6O13P. The number of phosphoric acid groups is 1. The summed E-state index contributed by atoms with van der Waals surface area (Å²) in [5.74, 6) is -6.68. The number of likely N-dealkylation sites (tertiary alicyclic amines) is 1. The Kier molecular flexibility index (Phi) is 22.1. The molecule has 2 aromatic rings. The lowest BCUT2D eigenvalue weighted by atomic mass is 9.89. The molecule has 1 aromatic heterocycles. The van der Waals surface area contributed by atoms with Crippen molar-refractivity contribution in [1.29, 1.82) is 0 Å². The summed E-state index contributed by atoms with van der Waals surface area (Å²) < 4.78 is 28.3. The fraction of sp³-hybridized carbons (Fsp3) is 0.643. The van der Waals surface area contributed by atoms with Gasteiger partial charge in [-0.05, 0) is 56.9 Å². The molecule has 20 heteroatoms. The van der Waals surface area contributed by atoms with Crippen LogP contribution in [0.4, 0.5) is 0 Å². The zero-order chi connectivity index (χ0) is 45.8. The molecule has 1 aliphatic heterocycles. The molecule has 19 nitrogen and oxygen atoms in total. The fourth-order valence-electron chi connectivity index (χ4n) is 7.43. The number of nitrogens with zero attached hydrogens (tertiary/aromatic N) is 3. The van der Waals surface area contributed by atoms with Crippen LogP contribution in [-0.2, 0) is 66.7 Å². The molecular weight excluding hydrogens is 827 g/mol. The van der Waals surface area contributed by atoms with Gasteiger partial charge in [0.2, 0.25) is 23.6 Å². The first kappa shape index (κ1) is 52.0. The molecule has 3 rings (SSSR count). The van der Waals surface area contributed by atoms with E-state index < -0.39 is 92.6 Å². The second kappa shape index (κ2) is 26.3. The summed E-state index contributed by atoms with van der Waals surface area (Å²) >= 11 is 0. The Morgan fingerprint density at radius 2 is 1.68 bits per heavy atom. The number of nitrogens with two attached hydrogens (primary N) is 1. The van der Waals surface area contributed by atoms with E-state index in [2.05, 4.69) is 32.3 Å². The number of Topliss-reactive ketones (excluding diaryl/α,β-unsaturated/α-hetero) is 2. The number of benzene rings is 1. The van der Waals surface area contributed by atoms with Crippen LogP contribution in [0.5, 0.6) is 0 Å². The molecule has 0 spiro atoms. The van der Waals surface area contributed by atoms with E-state index in [1.54, 1.807) is 19.6 Å². The standard InChI is InChI=1S/C42H65N6O13P/c1-28(2)21-34(45-42(55)36-14-10-17-48(36)39(52)15-18-60-20-19-59-4)37(50)23-31(22-32-25-44-27-47(32)16-9-8-13-30-11-6-5-7-12-30)41(54)46-35(26-49)38(51)24-33(40(43)53)29(3)61-62(56,57)58/h5-7,11-12,25,27-29,31,33-36,49H,8-10,13-24,26H2,1-4H3,(H2,43,53)(H,45,55)(H,46,54)(H2,56,57,58)/t29-,31-,33+,34+,35+,36+/m1/s1. The van der Waals surface area contributed by atoms with Crippen LogP contribution >= 0.6 is 7.82 Å². The molecule has 7 N–H and O–H groups in total. The predicted octanol–water partition coefficient (Wildman–Crippen LogP) is 1.63. The number of unbranched alkanes of at least 4 members (excludes halogenated alkanes) is 1. The smallest absolute Gasteiger partial charge is 0.394 e. The Labute approximate surface area is 363 Å². The van der Waals surface area contributed by atoms with Gasteiger partial charge >= 0.3 is 7.82 Å². The molecule has 1 saturated heterocycles. The molecule has 346 valence electrons. The van der Waals surface area contributed by atoms with Crippen molar-refractivity contribution >= 4 is 43.0 Å². The molecule has 1 aliphatic rings. The first-order valence-corrected chi connectivity index (χ1v) is 22.7. The van der Waals surface area contributed by atoms with Gasteiger partial charge < -0.3 is 50.2 Å². The summed E-state index contributed by atoms with van der Waals surface area (Å²) in [5, 5.41) is 15.6. The van der Waals surface area contributed by atoms with Crippen LogP contribution in [0.25, 0.3) is 0 Å². The Bertz CT molecular complexity index is 1810. The van der Waals surface area contributed by atoms with Crippen molar-refractivity contribution < 1.29 is 62.2 Å². The first-order valence-electron chi connectivity index (χ1n) is 21.1. The third kappa shape index (κ3) is 17.8. The Morgan fingerprint density at radius 1 is 0.968 bits per heavy atom. The normalized spacial score (nSPS) is 16.6. The van der Waals surface area contributed by atoms with Gasteiger partial charge in [0.05, 0.1) is 63.2 Å². The molecule has 4 amide bonds. The number of aryl methyl sites for hydroxylation is 2. The van der Waals surface area contributed by atoms with Gasteiger partial charge in [-0.2, -0.15) is 0 Å². The Balaban J connectivity index is 1.83. The molecule has 0 unspecified atom stereocenters. The van der Waals surface area contributed by atoms with Crippen molar-refractivity contribution in [1.82, 2.24) is 25.1 Å². The lowest BCUT2D eigenvalue weighted by molar-refractivity contribution is -0.140. The second-order valence-corrected chi connectivity index (χ2v) is 17.3. The number of primary amides is 1. The molecule has 0 radical (unpaired) electrons. The van der Waals surface area contributed by atoms with Crippen molar-refractivity contribution in [2.75, 3.05) is 40.1 Å².